The van der Waals surface area contributed by atoms with Crippen molar-refractivity contribution >= 4 is 10.0 Å². The second kappa shape index (κ2) is 6.57. The van der Waals surface area contributed by atoms with Crippen molar-refractivity contribution in [1.82, 2.24) is 14.5 Å². The van der Waals surface area contributed by atoms with Crippen molar-refractivity contribution in [2.75, 3.05) is 12.4 Å². The number of hydrogen-bond acceptors (Lipinski definition) is 4. The second-order valence-electron chi connectivity index (χ2n) is 6.29. The molecule has 0 amide bonds. The summed E-state index contributed by atoms with van der Waals surface area (Å²) < 4.78 is 34.7. The van der Waals surface area contributed by atoms with Gasteiger partial charge in [-0.2, -0.15) is 5.10 Å². The zero-order valence-electron chi connectivity index (χ0n) is 14.2. The van der Waals surface area contributed by atoms with E-state index < -0.39 is 10.0 Å². The Morgan fingerprint density at radius 1 is 1.42 bits per heavy atom. The first-order chi connectivity index (χ1) is 11.3. The molecule has 1 N–H and O–H groups in total. The molecule has 1 aromatic carbocycles. The summed E-state index contributed by atoms with van der Waals surface area (Å²) in [5.74, 6) is 0.983. The summed E-state index contributed by atoms with van der Waals surface area (Å²) in [5, 5.41) is 4.26. The maximum atomic E-state index is 12.4. The SMILES string of the molecule is Cc1nn(C)cc1C(C)NS(=O)(=O)CCc1ccc2c(c1)CCO2. The quantitative estimate of drug-likeness (QED) is 0.864. The van der Waals surface area contributed by atoms with Crippen molar-refractivity contribution in [1.29, 1.82) is 0 Å². The first kappa shape index (κ1) is 17.0. The van der Waals surface area contributed by atoms with Crippen LogP contribution in [0.15, 0.2) is 24.4 Å². The van der Waals surface area contributed by atoms with Gasteiger partial charge >= 0.3 is 0 Å². The summed E-state index contributed by atoms with van der Waals surface area (Å²) in [4.78, 5) is 0. The van der Waals surface area contributed by atoms with Gasteiger partial charge < -0.3 is 4.74 Å². The minimum atomic E-state index is -3.37. The van der Waals surface area contributed by atoms with E-state index in [1.54, 1.807) is 4.68 Å². The molecule has 0 fully saturated rings. The van der Waals surface area contributed by atoms with Crippen LogP contribution in [0.2, 0.25) is 0 Å². The lowest BCUT2D eigenvalue weighted by Gasteiger charge is -2.14. The van der Waals surface area contributed by atoms with Crippen LogP contribution in [-0.4, -0.2) is 30.6 Å². The minimum absolute atomic E-state index is 0.0658. The molecule has 2 aromatic rings. The van der Waals surface area contributed by atoms with Crippen molar-refractivity contribution < 1.29 is 13.2 Å². The highest BCUT2D eigenvalue weighted by molar-refractivity contribution is 7.89. The molecular weight excluding hydrogens is 326 g/mol. The first-order valence-electron chi connectivity index (χ1n) is 8.09. The Kier molecular flexibility index (Phi) is 4.64. The van der Waals surface area contributed by atoms with E-state index in [0.29, 0.717) is 13.0 Å². The molecule has 0 bridgehead atoms. The van der Waals surface area contributed by atoms with Gasteiger partial charge in [0, 0.05) is 31.3 Å². The second-order valence-corrected chi connectivity index (χ2v) is 8.17. The Morgan fingerprint density at radius 2 is 2.21 bits per heavy atom. The lowest BCUT2D eigenvalue weighted by molar-refractivity contribution is 0.357. The van der Waals surface area contributed by atoms with Crippen LogP contribution in [0, 0.1) is 6.92 Å². The summed E-state index contributed by atoms with van der Waals surface area (Å²) in [6.07, 6.45) is 3.23. The van der Waals surface area contributed by atoms with Gasteiger partial charge in [-0.05, 0) is 37.5 Å². The lowest BCUT2D eigenvalue weighted by atomic mass is 10.1. The molecule has 6 nitrogen and oxygen atoms in total. The van der Waals surface area contributed by atoms with E-state index in [0.717, 1.165) is 34.6 Å². The summed E-state index contributed by atoms with van der Waals surface area (Å²) in [6, 6.07) is 5.62. The number of hydrogen-bond donors (Lipinski definition) is 1. The summed E-state index contributed by atoms with van der Waals surface area (Å²) in [7, 11) is -1.54. The van der Waals surface area contributed by atoms with Crippen LogP contribution in [0.3, 0.4) is 0 Å². The number of nitrogens with zero attached hydrogens (tertiary/aromatic N) is 2. The Hall–Kier alpha value is -1.86. The predicted molar refractivity (Wildman–Crippen MR) is 92.6 cm³/mol. The van der Waals surface area contributed by atoms with Gasteiger partial charge in [-0.25, -0.2) is 13.1 Å². The standard InChI is InChI=1S/C17H23N3O3S/c1-12-16(11-20(3)18-12)13(2)19-24(21,22)9-7-14-4-5-17-15(10-14)6-8-23-17/h4-5,10-11,13,19H,6-9H2,1-3H3. The maximum absolute atomic E-state index is 12.4. The van der Waals surface area contributed by atoms with Gasteiger partial charge in [-0.1, -0.05) is 12.1 Å². The van der Waals surface area contributed by atoms with Crippen LogP contribution in [-0.2, 0) is 29.9 Å². The van der Waals surface area contributed by atoms with Gasteiger partial charge in [0.25, 0.3) is 0 Å². The zero-order chi connectivity index (χ0) is 17.3. The number of aromatic nitrogens is 2. The highest BCUT2D eigenvalue weighted by Gasteiger charge is 2.19. The molecule has 1 aliphatic rings. The van der Waals surface area contributed by atoms with Gasteiger partial charge in [-0.3, -0.25) is 4.68 Å². The number of fused-ring (bicyclic) bond motifs is 1. The average Bonchev–Trinajstić information content (AvgIpc) is 3.10. The van der Waals surface area contributed by atoms with Gasteiger partial charge in [0.05, 0.1) is 18.1 Å². The van der Waals surface area contributed by atoms with Crippen molar-refractivity contribution in [2.24, 2.45) is 7.05 Å². The molecule has 7 heteroatoms. The van der Waals surface area contributed by atoms with Crippen LogP contribution in [0.4, 0.5) is 0 Å². The molecule has 1 aromatic heterocycles. The Morgan fingerprint density at radius 3 is 2.92 bits per heavy atom. The molecule has 0 spiro atoms. The van der Waals surface area contributed by atoms with Crippen LogP contribution < -0.4 is 9.46 Å². The largest absolute Gasteiger partial charge is 0.493 e. The number of nitrogens with one attached hydrogen (secondary N) is 1. The number of rotatable bonds is 6. The number of ether oxygens (including phenoxy) is 1. The summed E-state index contributed by atoms with van der Waals surface area (Å²) >= 11 is 0. The smallest absolute Gasteiger partial charge is 0.212 e. The van der Waals surface area contributed by atoms with Gasteiger partial charge in [0.15, 0.2) is 0 Å². The van der Waals surface area contributed by atoms with Gasteiger partial charge in [-0.15, -0.1) is 0 Å². The fourth-order valence-corrected chi connectivity index (χ4v) is 4.37. The molecule has 130 valence electrons. The Balaban J connectivity index is 1.62. The molecule has 0 saturated heterocycles. The average molecular weight is 349 g/mol. The monoisotopic (exact) mass is 349 g/mol. The van der Waals surface area contributed by atoms with Crippen LogP contribution in [0.25, 0.3) is 0 Å². The third-order valence-electron chi connectivity index (χ3n) is 4.29. The molecular formula is C17H23N3O3S. The predicted octanol–water partition coefficient (Wildman–Crippen LogP) is 1.89. The topological polar surface area (TPSA) is 73.2 Å². The first-order valence-corrected chi connectivity index (χ1v) is 9.74. The highest BCUT2D eigenvalue weighted by Crippen LogP contribution is 2.26. The van der Waals surface area contributed by atoms with E-state index in [4.69, 9.17) is 4.74 Å². The normalized spacial score (nSPS) is 15.1. The van der Waals surface area contributed by atoms with E-state index in [1.807, 2.05) is 45.3 Å². The third-order valence-corrected chi connectivity index (χ3v) is 5.74. The van der Waals surface area contributed by atoms with Crippen LogP contribution in [0.5, 0.6) is 5.75 Å². The van der Waals surface area contributed by atoms with Crippen molar-refractivity contribution in [3.63, 3.8) is 0 Å². The van der Waals surface area contributed by atoms with E-state index in [1.165, 1.54) is 0 Å². The zero-order valence-corrected chi connectivity index (χ0v) is 15.1. The van der Waals surface area contributed by atoms with Crippen molar-refractivity contribution in [2.45, 2.75) is 32.7 Å². The van der Waals surface area contributed by atoms with Crippen LogP contribution >= 0.6 is 0 Å². The summed E-state index contributed by atoms with van der Waals surface area (Å²) in [5.41, 5.74) is 3.93. The number of sulfonamides is 1. The fourth-order valence-electron chi connectivity index (χ4n) is 3.08. The minimum Gasteiger partial charge on any atom is -0.493 e. The molecule has 0 saturated carbocycles. The Bertz CT molecular complexity index is 843. The van der Waals surface area contributed by atoms with Crippen LogP contribution in [0.1, 0.15) is 35.3 Å². The third kappa shape index (κ3) is 3.79. The molecule has 2 heterocycles. The Labute approximate surface area is 142 Å². The molecule has 1 aliphatic heterocycles. The maximum Gasteiger partial charge on any atom is 0.212 e. The molecule has 24 heavy (non-hydrogen) atoms. The molecule has 0 aliphatic carbocycles. The lowest BCUT2D eigenvalue weighted by Crippen LogP contribution is -2.30. The summed E-state index contributed by atoms with van der Waals surface area (Å²) in [6.45, 7) is 4.43. The van der Waals surface area contributed by atoms with Gasteiger partial charge in [0.2, 0.25) is 10.0 Å². The number of benzene rings is 1. The number of aryl methyl sites for hydroxylation is 3. The van der Waals surface area contributed by atoms with Crippen molar-refractivity contribution in [3.05, 3.63) is 46.8 Å². The molecule has 3 rings (SSSR count). The molecule has 1 atom stereocenters. The van der Waals surface area contributed by atoms with E-state index >= 15 is 0 Å². The highest BCUT2D eigenvalue weighted by atomic mass is 32.2. The molecule has 1 unspecified atom stereocenters. The van der Waals surface area contributed by atoms with Crippen molar-refractivity contribution in [3.8, 4) is 5.75 Å². The van der Waals surface area contributed by atoms with E-state index in [2.05, 4.69) is 9.82 Å². The van der Waals surface area contributed by atoms with E-state index in [9.17, 15) is 8.42 Å². The van der Waals surface area contributed by atoms with Gasteiger partial charge in [0.1, 0.15) is 5.75 Å². The molecule has 0 radical (unpaired) electrons. The fraction of sp³-hybridized carbons (Fsp3) is 0.471. The van der Waals surface area contributed by atoms with E-state index in [-0.39, 0.29) is 11.8 Å².